The highest BCUT2D eigenvalue weighted by atomic mass is 31.3. The monoisotopic (exact) mass is 559 g/mol. The van der Waals surface area contributed by atoms with E-state index in [1.807, 2.05) is 0 Å². The largest absolute Gasteiger partial charge is 0.483 e. The molecule has 2 aliphatic heterocycles. The molecule has 0 spiro atoms. The number of aryl methyl sites for hydroxylation is 1. The van der Waals surface area contributed by atoms with Gasteiger partial charge in [-0.15, -0.1) is 0 Å². The van der Waals surface area contributed by atoms with Crippen molar-refractivity contribution in [2.75, 3.05) is 13.7 Å². The van der Waals surface area contributed by atoms with Gasteiger partial charge < -0.3 is 34.8 Å². The van der Waals surface area contributed by atoms with Gasteiger partial charge in [-0.25, -0.2) is 13.9 Å². The highest BCUT2D eigenvalue weighted by molar-refractivity contribution is 7.61. The summed E-state index contributed by atoms with van der Waals surface area (Å²) in [6.07, 6.45) is -4.91. The molecule has 1 aromatic rings. The van der Waals surface area contributed by atoms with Crippen LogP contribution >= 0.6 is 15.6 Å². The number of nitrogens with two attached hydrogens (primary N) is 1. The van der Waals surface area contributed by atoms with Gasteiger partial charge in [0.2, 0.25) is 0 Å². The average Bonchev–Trinajstić information content (AvgIpc) is 3.07. The van der Waals surface area contributed by atoms with E-state index in [4.69, 9.17) is 29.0 Å². The Morgan fingerprint density at radius 3 is 2.56 bits per heavy atom. The third kappa shape index (κ3) is 6.98. The fraction of sp³-hybridized carbons (Fsp3) is 0.778. The minimum absolute atomic E-state index is 0.0898. The normalized spacial score (nSPS) is 36.3. The molecule has 206 valence electrons. The third-order valence-electron chi connectivity index (χ3n) is 5.82. The van der Waals surface area contributed by atoms with Crippen LogP contribution in [-0.4, -0.2) is 74.4 Å². The second kappa shape index (κ2) is 10.8. The van der Waals surface area contributed by atoms with Gasteiger partial charge in [0, 0.05) is 37.3 Å². The van der Waals surface area contributed by atoms with E-state index in [0.29, 0.717) is 0 Å². The van der Waals surface area contributed by atoms with Crippen LogP contribution in [0.5, 0.6) is 0 Å². The van der Waals surface area contributed by atoms with E-state index in [1.165, 1.54) is 20.2 Å². The summed E-state index contributed by atoms with van der Waals surface area (Å²) in [5.74, 6) is 0. The first-order valence-corrected chi connectivity index (χ1v) is 13.9. The van der Waals surface area contributed by atoms with Gasteiger partial charge in [0.15, 0.2) is 6.29 Å². The second-order valence-corrected chi connectivity index (χ2v) is 12.0. The molecule has 0 saturated carbocycles. The standard InChI is InChI=1S/C18H31N3O13P2/c1-9-7-21(17(24)20-16(9)23)13-5-11(22)12(32-13)8-30-35(25,26)34-36(27,28)33-14-6-18(3,19)15(29-4)10(2)31-14/h7,10-15,22H,5-6,8,19H2,1-4H3,(H,25,26)(H,27,28)(H,20,23,24)/t10-,11-,12+,13+,14+,15-,18-/m0/s1. The van der Waals surface area contributed by atoms with Crippen molar-refractivity contribution in [3.63, 3.8) is 0 Å². The molecule has 1 aromatic heterocycles. The summed E-state index contributed by atoms with van der Waals surface area (Å²) in [4.78, 5) is 45.6. The first kappa shape index (κ1) is 29.3. The molecule has 3 heterocycles. The van der Waals surface area contributed by atoms with Crippen LogP contribution < -0.4 is 17.0 Å². The van der Waals surface area contributed by atoms with Crippen molar-refractivity contribution in [2.45, 2.75) is 76.1 Å². The maximum Gasteiger partial charge on any atom is 0.483 e. The van der Waals surface area contributed by atoms with Crippen molar-refractivity contribution in [3.05, 3.63) is 32.6 Å². The molecule has 0 aliphatic carbocycles. The van der Waals surface area contributed by atoms with E-state index in [1.54, 1.807) is 13.8 Å². The molecule has 2 fully saturated rings. The number of nitrogens with one attached hydrogen (secondary N) is 1. The van der Waals surface area contributed by atoms with Gasteiger partial charge in [-0.3, -0.25) is 23.4 Å². The van der Waals surface area contributed by atoms with Crippen LogP contribution in [0.4, 0.5) is 0 Å². The number of aliphatic hydroxyl groups is 1. The maximum absolute atomic E-state index is 12.4. The van der Waals surface area contributed by atoms with Crippen LogP contribution in [0.25, 0.3) is 0 Å². The zero-order chi connectivity index (χ0) is 27.1. The number of aliphatic hydroxyl groups excluding tert-OH is 1. The Bertz CT molecular complexity index is 1150. The number of methoxy groups -OCH3 is 1. The molecule has 0 amide bonds. The fourth-order valence-electron chi connectivity index (χ4n) is 4.22. The number of phosphoric acid groups is 2. The zero-order valence-electron chi connectivity index (χ0n) is 20.0. The molecule has 3 rings (SSSR count). The zero-order valence-corrected chi connectivity index (χ0v) is 21.8. The summed E-state index contributed by atoms with van der Waals surface area (Å²) < 4.78 is 55.9. The lowest BCUT2D eigenvalue weighted by Crippen LogP contribution is -2.60. The summed E-state index contributed by atoms with van der Waals surface area (Å²) in [5.41, 5.74) is 4.03. The molecule has 2 unspecified atom stereocenters. The van der Waals surface area contributed by atoms with Crippen molar-refractivity contribution in [1.82, 2.24) is 9.55 Å². The Morgan fingerprint density at radius 2 is 1.94 bits per heavy atom. The van der Waals surface area contributed by atoms with Crippen LogP contribution in [0.15, 0.2) is 15.8 Å². The molecule has 2 aliphatic rings. The summed E-state index contributed by atoms with van der Waals surface area (Å²) in [6, 6.07) is 0. The van der Waals surface area contributed by atoms with Gasteiger partial charge in [0.1, 0.15) is 18.4 Å². The lowest BCUT2D eigenvalue weighted by atomic mass is 9.86. The van der Waals surface area contributed by atoms with Gasteiger partial charge in [0.25, 0.3) is 5.56 Å². The number of phosphoric ester groups is 2. The minimum Gasteiger partial charge on any atom is -0.390 e. The number of aromatic nitrogens is 2. The first-order valence-electron chi connectivity index (χ1n) is 10.9. The van der Waals surface area contributed by atoms with Gasteiger partial charge in [-0.2, -0.15) is 4.31 Å². The molecule has 0 radical (unpaired) electrons. The van der Waals surface area contributed by atoms with Gasteiger partial charge >= 0.3 is 21.3 Å². The molecule has 6 N–H and O–H groups in total. The lowest BCUT2D eigenvalue weighted by molar-refractivity contribution is -0.214. The molecule has 16 nitrogen and oxygen atoms in total. The smallest absolute Gasteiger partial charge is 0.390 e. The molecule has 0 aromatic carbocycles. The Morgan fingerprint density at radius 1 is 1.28 bits per heavy atom. The Balaban J connectivity index is 1.58. The van der Waals surface area contributed by atoms with Crippen LogP contribution in [0.2, 0.25) is 0 Å². The van der Waals surface area contributed by atoms with Crippen LogP contribution in [0.1, 0.15) is 38.5 Å². The number of hydrogen-bond donors (Lipinski definition) is 5. The van der Waals surface area contributed by atoms with Crippen LogP contribution in [0.3, 0.4) is 0 Å². The van der Waals surface area contributed by atoms with E-state index in [9.17, 15) is 33.6 Å². The average molecular weight is 559 g/mol. The number of rotatable bonds is 9. The predicted octanol–water partition coefficient (Wildman–Crippen LogP) is -0.389. The van der Waals surface area contributed by atoms with E-state index >= 15 is 0 Å². The molecule has 0 bridgehead atoms. The van der Waals surface area contributed by atoms with Crippen molar-refractivity contribution in [3.8, 4) is 0 Å². The fourth-order valence-corrected chi connectivity index (χ4v) is 6.36. The van der Waals surface area contributed by atoms with E-state index < -0.39 is 76.0 Å². The first-order chi connectivity index (χ1) is 16.5. The Labute approximate surface area is 205 Å². The van der Waals surface area contributed by atoms with Crippen molar-refractivity contribution in [1.29, 1.82) is 0 Å². The third-order valence-corrected chi connectivity index (χ3v) is 8.45. The van der Waals surface area contributed by atoms with Gasteiger partial charge in [-0.05, 0) is 20.8 Å². The van der Waals surface area contributed by atoms with Crippen LogP contribution in [-0.2, 0) is 36.7 Å². The molecule has 36 heavy (non-hydrogen) atoms. The van der Waals surface area contributed by atoms with Crippen LogP contribution in [0, 0.1) is 6.92 Å². The Kier molecular flexibility index (Phi) is 8.83. The summed E-state index contributed by atoms with van der Waals surface area (Å²) in [5, 5.41) is 10.2. The molecular weight excluding hydrogens is 528 g/mol. The summed E-state index contributed by atoms with van der Waals surface area (Å²) in [7, 11) is -8.95. The molecular formula is C18H31N3O13P2. The number of H-pyrrole nitrogens is 1. The van der Waals surface area contributed by atoms with Crippen molar-refractivity contribution >= 4 is 15.6 Å². The molecule has 18 heteroatoms. The van der Waals surface area contributed by atoms with E-state index in [0.717, 1.165) is 4.57 Å². The number of ether oxygens (including phenoxy) is 3. The highest BCUT2D eigenvalue weighted by Gasteiger charge is 2.47. The Hall–Kier alpha value is -1.26. The molecule has 2 saturated heterocycles. The van der Waals surface area contributed by atoms with Crippen molar-refractivity contribution < 1.29 is 51.6 Å². The summed E-state index contributed by atoms with van der Waals surface area (Å²) in [6.45, 7) is 3.97. The summed E-state index contributed by atoms with van der Waals surface area (Å²) >= 11 is 0. The quantitative estimate of drug-likeness (QED) is 0.243. The second-order valence-electron chi connectivity index (χ2n) is 8.97. The van der Waals surface area contributed by atoms with E-state index in [-0.39, 0.29) is 18.4 Å². The number of nitrogens with zero attached hydrogens (tertiary/aromatic N) is 1. The minimum atomic E-state index is -5.20. The predicted molar refractivity (Wildman–Crippen MR) is 121 cm³/mol. The number of hydrogen-bond acceptors (Lipinski definition) is 12. The van der Waals surface area contributed by atoms with Crippen molar-refractivity contribution in [2.24, 2.45) is 5.73 Å². The van der Waals surface area contributed by atoms with Gasteiger partial charge in [-0.1, -0.05) is 0 Å². The maximum atomic E-state index is 12.4. The number of aromatic amines is 1. The molecule has 9 atom stereocenters. The highest BCUT2D eigenvalue weighted by Crippen LogP contribution is 2.61. The van der Waals surface area contributed by atoms with Gasteiger partial charge in [0.05, 0.1) is 18.8 Å². The lowest BCUT2D eigenvalue weighted by Gasteiger charge is -2.44. The SMILES string of the molecule is CO[C@H]1[C@H](C)O[C@H](OP(=O)(O)OP(=O)(O)OC[C@H]2O[C@@H](n3cc(C)c(=O)[nH]c3=O)C[C@@H]2O)C[C@]1(C)N. The van der Waals surface area contributed by atoms with E-state index in [2.05, 4.69) is 9.29 Å². The topological polar surface area (TPSA) is 231 Å².